The highest BCUT2D eigenvalue weighted by molar-refractivity contribution is 7.80. The van der Waals surface area contributed by atoms with Crippen LogP contribution in [-0.4, -0.2) is 28.5 Å². The van der Waals surface area contributed by atoms with E-state index >= 15 is 0 Å². The molecule has 2 heterocycles. The number of aryl methyl sites for hydroxylation is 1. The highest BCUT2D eigenvalue weighted by Gasteiger charge is 2.38. The molecule has 4 rings (SSSR count). The van der Waals surface area contributed by atoms with Crippen molar-refractivity contribution >= 4 is 46.6 Å². The number of hydrogen-bond donors (Lipinski definition) is 1. The molecule has 0 saturated carbocycles. The van der Waals surface area contributed by atoms with E-state index in [0.717, 1.165) is 17.5 Å². The minimum absolute atomic E-state index is 0.0537. The molecule has 6 heteroatoms. The molecule has 0 bridgehead atoms. The molecule has 0 unspecified atom stereocenters. The Morgan fingerprint density at radius 2 is 1.82 bits per heavy atom. The summed E-state index contributed by atoms with van der Waals surface area (Å²) in [6.07, 6.45) is 2.74. The zero-order valence-electron chi connectivity index (χ0n) is 20.1. The molecular formula is C27H31N3O2S. The van der Waals surface area contributed by atoms with E-state index in [4.69, 9.17) is 12.2 Å². The summed E-state index contributed by atoms with van der Waals surface area (Å²) in [4.78, 5) is 30.0. The molecule has 2 aliphatic rings. The largest absolute Gasteiger partial charge is 0.364 e. The van der Waals surface area contributed by atoms with Crippen LogP contribution in [-0.2, 0) is 9.59 Å². The van der Waals surface area contributed by atoms with Gasteiger partial charge in [-0.2, -0.15) is 0 Å². The van der Waals surface area contributed by atoms with Crippen LogP contribution in [0.1, 0.15) is 63.6 Å². The lowest BCUT2D eigenvalue weighted by atomic mass is 9.78. The highest BCUT2D eigenvalue weighted by Crippen LogP contribution is 2.45. The number of fused-ring (bicyclic) bond motifs is 1. The Balaban J connectivity index is 1.79. The summed E-state index contributed by atoms with van der Waals surface area (Å²) >= 11 is 5.30. The van der Waals surface area contributed by atoms with Crippen LogP contribution in [0.15, 0.2) is 48.0 Å². The number of amides is 2. The Hall–Kier alpha value is -2.99. The van der Waals surface area contributed by atoms with Crippen LogP contribution in [0.5, 0.6) is 0 Å². The van der Waals surface area contributed by atoms with Crippen molar-refractivity contribution in [2.24, 2.45) is 0 Å². The number of anilines is 2. The van der Waals surface area contributed by atoms with Crippen LogP contribution >= 0.6 is 12.2 Å². The molecule has 1 saturated heterocycles. The number of nitrogens with one attached hydrogen (secondary N) is 1. The van der Waals surface area contributed by atoms with Gasteiger partial charge in [-0.1, -0.05) is 25.1 Å². The smallest absolute Gasteiger partial charge is 0.270 e. The molecule has 1 fully saturated rings. The molecule has 1 atom stereocenters. The first kappa shape index (κ1) is 23.2. The van der Waals surface area contributed by atoms with E-state index in [1.54, 1.807) is 18.2 Å². The van der Waals surface area contributed by atoms with Gasteiger partial charge in [-0.25, -0.2) is 0 Å². The minimum atomic E-state index is -0.465. The SMILES string of the molecule is Cc1cc2c(cc1/C=C1\C(=O)NC(=S)N(c3ccccc3)C1=O)[C@@H](C)CC(C)(C)N2C(C)C. The Kier molecular flexibility index (Phi) is 5.91. The van der Waals surface area contributed by atoms with E-state index in [0.29, 0.717) is 17.6 Å². The number of carbonyl (C=O) groups excluding carboxylic acids is 2. The molecule has 2 aromatic rings. The Bertz CT molecular complexity index is 1170. The van der Waals surface area contributed by atoms with Crippen molar-refractivity contribution in [2.45, 2.75) is 65.5 Å². The van der Waals surface area contributed by atoms with Crippen LogP contribution < -0.4 is 15.1 Å². The summed E-state index contributed by atoms with van der Waals surface area (Å²) in [7, 11) is 0. The molecular weight excluding hydrogens is 430 g/mol. The van der Waals surface area contributed by atoms with Crippen molar-refractivity contribution < 1.29 is 9.59 Å². The summed E-state index contributed by atoms with van der Waals surface area (Å²) < 4.78 is 0. The van der Waals surface area contributed by atoms with Crippen molar-refractivity contribution in [2.75, 3.05) is 9.80 Å². The molecule has 0 spiro atoms. The van der Waals surface area contributed by atoms with Gasteiger partial charge in [-0.05, 0) is 106 Å². The lowest BCUT2D eigenvalue weighted by Gasteiger charge is -2.50. The lowest BCUT2D eigenvalue weighted by molar-refractivity contribution is -0.122. The average Bonchev–Trinajstić information content (AvgIpc) is 2.71. The zero-order valence-corrected chi connectivity index (χ0v) is 20.9. The molecule has 33 heavy (non-hydrogen) atoms. The maximum Gasteiger partial charge on any atom is 0.270 e. The molecule has 2 aromatic carbocycles. The summed E-state index contributed by atoms with van der Waals surface area (Å²) in [5.74, 6) is -0.510. The van der Waals surface area contributed by atoms with E-state index in [1.165, 1.54) is 16.2 Å². The van der Waals surface area contributed by atoms with Gasteiger partial charge >= 0.3 is 0 Å². The van der Waals surface area contributed by atoms with Crippen LogP contribution in [0.25, 0.3) is 6.08 Å². The third-order valence-electron chi connectivity index (χ3n) is 6.60. The predicted molar refractivity (Wildman–Crippen MR) is 139 cm³/mol. The van der Waals surface area contributed by atoms with Gasteiger partial charge in [-0.3, -0.25) is 19.8 Å². The number of benzene rings is 2. The zero-order chi connectivity index (χ0) is 24.1. The molecule has 0 radical (unpaired) electrons. The van der Waals surface area contributed by atoms with Gasteiger partial charge in [0.25, 0.3) is 11.8 Å². The molecule has 2 amide bonds. The van der Waals surface area contributed by atoms with E-state index in [2.05, 4.69) is 57.0 Å². The summed E-state index contributed by atoms with van der Waals surface area (Å²) in [6.45, 7) is 13.3. The minimum Gasteiger partial charge on any atom is -0.364 e. The Morgan fingerprint density at radius 1 is 1.15 bits per heavy atom. The van der Waals surface area contributed by atoms with Gasteiger partial charge in [-0.15, -0.1) is 0 Å². The first-order valence-electron chi connectivity index (χ1n) is 11.4. The average molecular weight is 462 g/mol. The van der Waals surface area contributed by atoms with Crippen molar-refractivity contribution in [3.63, 3.8) is 0 Å². The fourth-order valence-electron chi connectivity index (χ4n) is 5.37. The Labute approximate surface area is 201 Å². The van der Waals surface area contributed by atoms with E-state index < -0.39 is 11.8 Å². The number of nitrogens with zero attached hydrogens (tertiary/aromatic N) is 2. The standard InChI is InChI=1S/C27H31N3O2S/c1-16(2)30-23-12-17(3)19(13-21(23)18(4)15-27(30,5)6)14-22-24(31)28-26(33)29(25(22)32)20-10-8-7-9-11-20/h7-14,16,18H,15H2,1-6H3,(H,28,31,33)/b22-14+/t18-/m0/s1. The normalized spacial score (nSPS) is 21.5. The van der Waals surface area contributed by atoms with Gasteiger partial charge < -0.3 is 4.90 Å². The van der Waals surface area contributed by atoms with Crippen molar-refractivity contribution in [3.8, 4) is 0 Å². The third-order valence-corrected chi connectivity index (χ3v) is 6.88. The van der Waals surface area contributed by atoms with Crippen LogP contribution in [0.2, 0.25) is 0 Å². The predicted octanol–water partition coefficient (Wildman–Crippen LogP) is 5.33. The van der Waals surface area contributed by atoms with Gasteiger partial charge in [0, 0.05) is 17.3 Å². The van der Waals surface area contributed by atoms with Gasteiger partial charge in [0.1, 0.15) is 5.57 Å². The van der Waals surface area contributed by atoms with Crippen molar-refractivity contribution in [1.82, 2.24) is 5.32 Å². The second-order valence-corrected chi connectivity index (χ2v) is 10.3. The van der Waals surface area contributed by atoms with Crippen molar-refractivity contribution in [3.05, 3.63) is 64.7 Å². The summed E-state index contributed by atoms with van der Waals surface area (Å²) in [5, 5.41) is 2.77. The number of carbonyl (C=O) groups is 2. The first-order valence-corrected chi connectivity index (χ1v) is 11.8. The van der Waals surface area contributed by atoms with E-state index in [1.807, 2.05) is 25.1 Å². The molecule has 5 nitrogen and oxygen atoms in total. The number of para-hydroxylation sites is 1. The maximum absolute atomic E-state index is 13.3. The summed E-state index contributed by atoms with van der Waals surface area (Å²) in [5.41, 5.74) is 5.15. The molecule has 0 aromatic heterocycles. The quantitative estimate of drug-likeness (QED) is 0.382. The third kappa shape index (κ3) is 4.08. The van der Waals surface area contributed by atoms with Gasteiger partial charge in [0.2, 0.25) is 0 Å². The van der Waals surface area contributed by atoms with Gasteiger partial charge in [0.15, 0.2) is 5.11 Å². The molecule has 2 aliphatic heterocycles. The van der Waals surface area contributed by atoms with Crippen LogP contribution in [0.4, 0.5) is 11.4 Å². The molecule has 172 valence electrons. The fraction of sp³-hybridized carbons (Fsp3) is 0.370. The number of rotatable bonds is 3. The lowest BCUT2D eigenvalue weighted by Crippen LogP contribution is -2.54. The monoisotopic (exact) mass is 461 g/mol. The second-order valence-electron chi connectivity index (χ2n) is 9.94. The topological polar surface area (TPSA) is 52.7 Å². The fourth-order valence-corrected chi connectivity index (χ4v) is 5.65. The second kappa shape index (κ2) is 8.41. The molecule has 1 N–H and O–H groups in total. The highest BCUT2D eigenvalue weighted by atomic mass is 32.1. The Morgan fingerprint density at radius 3 is 2.45 bits per heavy atom. The summed E-state index contributed by atoms with van der Waals surface area (Å²) in [6, 6.07) is 13.8. The van der Waals surface area contributed by atoms with Crippen LogP contribution in [0.3, 0.4) is 0 Å². The van der Waals surface area contributed by atoms with Crippen molar-refractivity contribution in [1.29, 1.82) is 0 Å². The van der Waals surface area contributed by atoms with E-state index in [9.17, 15) is 9.59 Å². The van der Waals surface area contributed by atoms with E-state index in [-0.39, 0.29) is 16.2 Å². The molecule has 0 aliphatic carbocycles. The maximum atomic E-state index is 13.3. The number of thiocarbonyl (C=S) groups is 1. The van der Waals surface area contributed by atoms with Gasteiger partial charge in [0.05, 0.1) is 5.69 Å². The number of hydrogen-bond acceptors (Lipinski definition) is 4. The first-order chi connectivity index (χ1) is 15.5. The van der Waals surface area contributed by atoms with Crippen LogP contribution in [0, 0.1) is 6.92 Å².